The summed E-state index contributed by atoms with van der Waals surface area (Å²) in [6.07, 6.45) is 4.77. The van der Waals surface area contributed by atoms with Crippen LogP contribution in [-0.4, -0.2) is 14.1 Å². The Morgan fingerprint density at radius 1 is 1.00 bits per heavy atom. The molecule has 0 aromatic rings. The molecule has 4 atom stereocenters. The molecular formula is C10H6Cl6. The second-order valence-electron chi connectivity index (χ2n) is 4.42. The van der Waals surface area contributed by atoms with Crippen molar-refractivity contribution in [3.05, 3.63) is 22.2 Å². The first-order valence-electron chi connectivity index (χ1n) is 4.78. The molecule has 0 aromatic carbocycles. The summed E-state index contributed by atoms with van der Waals surface area (Å²) in [5.74, 6) is -0.0478. The Morgan fingerprint density at radius 3 is 2.19 bits per heavy atom. The summed E-state index contributed by atoms with van der Waals surface area (Å²) in [5, 5.41) is 0.574. The van der Waals surface area contributed by atoms with E-state index in [2.05, 4.69) is 0 Å². The standard InChI is InChI=1S/C10H6Cl6/c11-6-7(12)9(14)5-3-1-2-4(5)8(6,13)10(9,15)16/h1-2,4-5H,3H2/t4-,5+,8-,9+/m0/s1. The fourth-order valence-corrected chi connectivity index (χ4v) is 6.12. The van der Waals surface area contributed by atoms with E-state index in [1.807, 2.05) is 12.2 Å². The molecular weight excluding hydrogens is 333 g/mol. The highest BCUT2D eigenvalue weighted by molar-refractivity contribution is 6.65. The molecule has 0 saturated heterocycles. The molecule has 0 unspecified atom stereocenters. The quantitative estimate of drug-likeness (QED) is 0.429. The Hall–Kier alpha value is 1.22. The van der Waals surface area contributed by atoms with Crippen molar-refractivity contribution in [2.45, 2.75) is 20.5 Å². The van der Waals surface area contributed by atoms with Crippen LogP contribution in [0, 0.1) is 11.8 Å². The van der Waals surface area contributed by atoms with E-state index in [0.717, 1.165) is 6.42 Å². The van der Waals surface area contributed by atoms with Crippen molar-refractivity contribution in [3.8, 4) is 0 Å². The monoisotopic (exact) mass is 336 g/mol. The number of hydrogen-bond donors (Lipinski definition) is 0. The fourth-order valence-electron chi connectivity index (χ4n) is 3.08. The van der Waals surface area contributed by atoms with E-state index in [9.17, 15) is 0 Å². The van der Waals surface area contributed by atoms with Crippen molar-refractivity contribution < 1.29 is 0 Å². The lowest BCUT2D eigenvalue weighted by Crippen LogP contribution is -2.44. The molecule has 3 aliphatic carbocycles. The number of halogens is 6. The Morgan fingerprint density at radius 2 is 1.56 bits per heavy atom. The lowest BCUT2D eigenvalue weighted by atomic mass is 9.84. The Labute approximate surface area is 123 Å². The van der Waals surface area contributed by atoms with E-state index in [4.69, 9.17) is 69.6 Å². The topological polar surface area (TPSA) is 0 Å². The smallest absolute Gasteiger partial charge is 0.109 e. The maximum Gasteiger partial charge on any atom is 0.167 e. The van der Waals surface area contributed by atoms with Crippen LogP contribution in [0.3, 0.4) is 0 Å². The van der Waals surface area contributed by atoms with Crippen molar-refractivity contribution >= 4 is 69.6 Å². The third-order valence-electron chi connectivity index (χ3n) is 3.88. The number of alkyl halides is 4. The lowest BCUT2D eigenvalue weighted by Gasteiger charge is -2.33. The first-order valence-corrected chi connectivity index (χ1v) is 7.05. The SMILES string of the molecule is ClC1=C(Cl)[C@]2(Cl)[C@@H]3CC=C[C@@H]3[C@@]1(Cl)C2(Cl)Cl. The zero-order valence-corrected chi connectivity index (χ0v) is 12.3. The van der Waals surface area contributed by atoms with Crippen LogP contribution in [0.2, 0.25) is 0 Å². The van der Waals surface area contributed by atoms with E-state index in [0.29, 0.717) is 5.03 Å². The van der Waals surface area contributed by atoms with Gasteiger partial charge in [-0.15, -0.1) is 23.2 Å². The summed E-state index contributed by atoms with van der Waals surface area (Å²) in [6, 6.07) is 0. The molecule has 0 N–H and O–H groups in total. The zero-order valence-electron chi connectivity index (χ0n) is 7.78. The fraction of sp³-hybridized carbons (Fsp3) is 0.600. The van der Waals surface area contributed by atoms with Gasteiger partial charge < -0.3 is 0 Å². The average molecular weight is 339 g/mol. The molecule has 3 rings (SSSR count). The molecule has 0 nitrogen and oxygen atoms in total. The molecule has 1 fully saturated rings. The maximum absolute atomic E-state index is 6.56. The first-order chi connectivity index (χ1) is 7.29. The molecule has 16 heavy (non-hydrogen) atoms. The molecule has 6 heteroatoms. The van der Waals surface area contributed by atoms with E-state index in [1.54, 1.807) is 0 Å². The molecule has 88 valence electrons. The molecule has 0 spiro atoms. The van der Waals surface area contributed by atoms with Crippen molar-refractivity contribution in [2.24, 2.45) is 11.8 Å². The second kappa shape index (κ2) is 3.21. The van der Waals surface area contributed by atoms with Gasteiger partial charge in [0, 0.05) is 5.92 Å². The van der Waals surface area contributed by atoms with E-state index < -0.39 is 14.1 Å². The zero-order chi connectivity index (χ0) is 11.9. The summed E-state index contributed by atoms with van der Waals surface area (Å²) >= 11 is 38.2. The second-order valence-corrected chi connectivity index (χ2v) is 7.70. The van der Waals surface area contributed by atoms with Crippen molar-refractivity contribution in [2.75, 3.05) is 0 Å². The summed E-state index contributed by atoms with van der Waals surface area (Å²) in [6.45, 7) is 0. The molecule has 0 aromatic heterocycles. The van der Waals surface area contributed by atoms with Crippen LogP contribution in [0.1, 0.15) is 6.42 Å². The van der Waals surface area contributed by atoms with Crippen LogP contribution in [0.5, 0.6) is 0 Å². The third-order valence-corrected chi connectivity index (χ3v) is 8.20. The van der Waals surface area contributed by atoms with E-state index in [-0.39, 0.29) is 16.9 Å². The number of fused-ring (bicyclic) bond motifs is 5. The van der Waals surface area contributed by atoms with Crippen molar-refractivity contribution in [1.29, 1.82) is 0 Å². The Bertz CT molecular complexity index is 439. The highest BCUT2D eigenvalue weighted by atomic mass is 35.5. The van der Waals surface area contributed by atoms with Gasteiger partial charge in [0.05, 0.1) is 10.1 Å². The van der Waals surface area contributed by atoms with Crippen LogP contribution in [0.4, 0.5) is 0 Å². The minimum Gasteiger partial charge on any atom is -0.109 e. The van der Waals surface area contributed by atoms with Gasteiger partial charge >= 0.3 is 0 Å². The molecule has 1 saturated carbocycles. The molecule has 2 bridgehead atoms. The van der Waals surface area contributed by atoms with Gasteiger partial charge in [-0.3, -0.25) is 0 Å². The summed E-state index contributed by atoms with van der Waals surface area (Å²) in [7, 11) is 0. The van der Waals surface area contributed by atoms with Gasteiger partial charge in [0.1, 0.15) is 9.75 Å². The van der Waals surface area contributed by atoms with E-state index >= 15 is 0 Å². The van der Waals surface area contributed by atoms with Crippen LogP contribution in [0.25, 0.3) is 0 Å². The van der Waals surface area contributed by atoms with Gasteiger partial charge in [-0.2, -0.15) is 0 Å². The predicted octanol–water partition coefficient (Wildman–Crippen LogP) is 5.02. The lowest BCUT2D eigenvalue weighted by molar-refractivity contribution is 0.416. The normalized spacial score (nSPS) is 52.6. The molecule has 3 aliphatic rings. The Balaban J connectivity index is 2.32. The van der Waals surface area contributed by atoms with Crippen molar-refractivity contribution in [1.82, 2.24) is 0 Å². The van der Waals surface area contributed by atoms with E-state index in [1.165, 1.54) is 0 Å². The van der Waals surface area contributed by atoms with Gasteiger partial charge in [-0.05, 0) is 12.3 Å². The van der Waals surface area contributed by atoms with Gasteiger partial charge in [0.15, 0.2) is 4.33 Å². The van der Waals surface area contributed by atoms with Crippen LogP contribution < -0.4 is 0 Å². The van der Waals surface area contributed by atoms with Gasteiger partial charge in [-0.25, -0.2) is 0 Å². The third kappa shape index (κ3) is 0.940. The van der Waals surface area contributed by atoms with Crippen LogP contribution in [0.15, 0.2) is 22.2 Å². The minimum atomic E-state index is -1.38. The summed E-state index contributed by atoms with van der Waals surface area (Å²) < 4.78 is -1.38. The Kier molecular flexibility index (Phi) is 2.46. The number of allylic oxidation sites excluding steroid dienone is 4. The van der Waals surface area contributed by atoms with Gasteiger partial charge in [0.25, 0.3) is 0 Å². The van der Waals surface area contributed by atoms with Gasteiger partial charge in [0.2, 0.25) is 0 Å². The highest BCUT2D eigenvalue weighted by Crippen LogP contribution is 2.77. The minimum absolute atomic E-state index is 0.0108. The summed E-state index contributed by atoms with van der Waals surface area (Å²) in [5.41, 5.74) is 0. The first kappa shape index (κ1) is 12.3. The molecule has 0 heterocycles. The van der Waals surface area contributed by atoms with Crippen LogP contribution in [-0.2, 0) is 0 Å². The largest absolute Gasteiger partial charge is 0.167 e. The predicted molar refractivity (Wildman–Crippen MR) is 71.1 cm³/mol. The average Bonchev–Trinajstić information content (AvgIpc) is 2.78. The molecule has 0 radical (unpaired) electrons. The van der Waals surface area contributed by atoms with Crippen molar-refractivity contribution in [3.63, 3.8) is 0 Å². The molecule has 0 amide bonds. The maximum atomic E-state index is 6.56. The number of rotatable bonds is 0. The van der Waals surface area contributed by atoms with Crippen LogP contribution >= 0.6 is 69.6 Å². The summed E-state index contributed by atoms with van der Waals surface area (Å²) in [4.78, 5) is -2.18. The molecule has 0 aliphatic heterocycles. The van der Waals surface area contributed by atoms with Gasteiger partial charge in [-0.1, -0.05) is 58.6 Å². The number of hydrogen-bond acceptors (Lipinski definition) is 0. The highest BCUT2D eigenvalue weighted by Gasteiger charge is 2.81.